The zero-order chi connectivity index (χ0) is 15.0. The van der Waals surface area contributed by atoms with Crippen molar-refractivity contribution in [3.63, 3.8) is 0 Å². The first-order valence-electron chi connectivity index (χ1n) is 6.32. The molecule has 5 heteroatoms. The molecule has 0 saturated heterocycles. The first-order chi connectivity index (χ1) is 10.1. The van der Waals surface area contributed by atoms with Gasteiger partial charge in [-0.3, -0.25) is 19.3 Å². The van der Waals surface area contributed by atoms with E-state index in [9.17, 15) is 18.8 Å². The van der Waals surface area contributed by atoms with E-state index in [1.165, 1.54) is 30.3 Å². The predicted octanol–water partition coefficient (Wildman–Crippen LogP) is 2.30. The third kappa shape index (κ3) is 2.12. The van der Waals surface area contributed by atoms with E-state index >= 15 is 0 Å². The number of ketones is 1. The molecule has 0 aromatic heterocycles. The minimum Gasteiger partial charge on any atom is -0.292 e. The minimum atomic E-state index is -0.667. The van der Waals surface area contributed by atoms with Crippen molar-refractivity contribution in [3.8, 4) is 0 Å². The molecule has 0 radical (unpaired) electrons. The molecular weight excluding hydrogens is 273 g/mol. The lowest BCUT2D eigenvalue weighted by Gasteiger charge is -2.12. The molecule has 0 spiro atoms. The fourth-order valence-corrected chi connectivity index (χ4v) is 2.30. The molecule has 104 valence electrons. The van der Waals surface area contributed by atoms with Crippen molar-refractivity contribution >= 4 is 17.6 Å². The molecule has 1 heterocycles. The smallest absolute Gasteiger partial charge is 0.261 e. The molecule has 21 heavy (non-hydrogen) atoms. The molecule has 0 atom stereocenters. The van der Waals surface area contributed by atoms with E-state index in [-0.39, 0.29) is 16.7 Å². The van der Waals surface area contributed by atoms with Crippen molar-refractivity contribution in [2.24, 2.45) is 0 Å². The number of Topliss-reactive ketones (excluding diaryl/α,β-unsaturated/α-hetero) is 1. The van der Waals surface area contributed by atoms with Gasteiger partial charge < -0.3 is 0 Å². The Morgan fingerprint density at radius 1 is 0.905 bits per heavy atom. The normalized spacial score (nSPS) is 13.5. The summed E-state index contributed by atoms with van der Waals surface area (Å²) in [6, 6.07) is 11.8. The highest BCUT2D eigenvalue weighted by molar-refractivity contribution is 6.23. The zero-order valence-electron chi connectivity index (χ0n) is 10.9. The Morgan fingerprint density at radius 2 is 1.43 bits per heavy atom. The average molecular weight is 283 g/mol. The van der Waals surface area contributed by atoms with Crippen LogP contribution in [-0.2, 0) is 0 Å². The molecule has 2 aromatic rings. The van der Waals surface area contributed by atoms with Crippen LogP contribution in [0.5, 0.6) is 0 Å². The van der Waals surface area contributed by atoms with Crippen LogP contribution in [0.15, 0.2) is 48.5 Å². The van der Waals surface area contributed by atoms with Gasteiger partial charge >= 0.3 is 0 Å². The van der Waals surface area contributed by atoms with Crippen molar-refractivity contribution in [1.82, 2.24) is 4.90 Å². The summed E-state index contributed by atoms with van der Waals surface area (Å²) in [5.74, 6) is -2.33. The van der Waals surface area contributed by atoms with Crippen molar-refractivity contribution in [1.29, 1.82) is 0 Å². The number of hydrogen-bond donors (Lipinski definition) is 0. The van der Waals surface area contributed by atoms with E-state index in [0.717, 1.165) is 11.0 Å². The monoisotopic (exact) mass is 283 g/mol. The van der Waals surface area contributed by atoms with E-state index in [1.807, 2.05) is 0 Å². The first kappa shape index (κ1) is 13.2. The molecule has 0 unspecified atom stereocenters. The molecule has 3 rings (SSSR count). The molecule has 4 nitrogen and oxygen atoms in total. The Morgan fingerprint density at radius 3 is 2.00 bits per heavy atom. The predicted molar refractivity (Wildman–Crippen MR) is 72.5 cm³/mol. The van der Waals surface area contributed by atoms with E-state index in [4.69, 9.17) is 0 Å². The Balaban J connectivity index is 1.88. The van der Waals surface area contributed by atoms with Crippen LogP contribution in [0.3, 0.4) is 0 Å². The average Bonchev–Trinajstić information content (AvgIpc) is 2.73. The number of fused-ring (bicyclic) bond motifs is 1. The van der Waals surface area contributed by atoms with Crippen molar-refractivity contribution in [2.75, 3.05) is 6.54 Å². The van der Waals surface area contributed by atoms with E-state index in [0.29, 0.717) is 0 Å². The minimum absolute atomic E-state index is 0.131. The van der Waals surface area contributed by atoms with Gasteiger partial charge in [-0.25, -0.2) is 4.39 Å². The largest absolute Gasteiger partial charge is 0.292 e. The van der Waals surface area contributed by atoms with E-state index < -0.39 is 30.0 Å². The fourth-order valence-electron chi connectivity index (χ4n) is 2.30. The molecule has 0 saturated carbocycles. The standard InChI is InChI=1S/C16H10FNO3/c17-13-8-4-3-7-12(13)14(19)9-18-15(20)10-5-1-2-6-11(10)16(18)21/h1-8H,9H2. The van der Waals surface area contributed by atoms with Gasteiger partial charge in [0.1, 0.15) is 5.82 Å². The summed E-state index contributed by atoms with van der Waals surface area (Å²) in [6.45, 7) is -0.465. The lowest BCUT2D eigenvalue weighted by molar-refractivity contribution is 0.0623. The van der Waals surface area contributed by atoms with Crippen molar-refractivity contribution in [3.05, 3.63) is 71.0 Å². The topological polar surface area (TPSA) is 54.5 Å². The van der Waals surface area contributed by atoms with Gasteiger partial charge in [0.2, 0.25) is 0 Å². The summed E-state index contributed by atoms with van der Waals surface area (Å²) >= 11 is 0. The number of imide groups is 1. The van der Waals surface area contributed by atoms with Gasteiger partial charge in [-0.1, -0.05) is 24.3 Å². The van der Waals surface area contributed by atoms with Crippen LogP contribution >= 0.6 is 0 Å². The summed E-state index contributed by atoms with van der Waals surface area (Å²) in [5.41, 5.74) is 0.404. The molecule has 0 fully saturated rings. The van der Waals surface area contributed by atoms with Crippen LogP contribution in [0, 0.1) is 5.82 Å². The highest BCUT2D eigenvalue weighted by atomic mass is 19.1. The quantitative estimate of drug-likeness (QED) is 0.641. The van der Waals surface area contributed by atoms with Crippen LogP contribution < -0.4 is 0 Å². The number of rotatable bonds is 3. The molecule has 1 aliphatic rings. The Hall–Kier alpha value is -2.82. The SMILES string of the molecule is O=C(CN1C(=O)c2ccccc2C1=O)c1ccccc1F. The zero-order valence-corrected chi connectivity index (χ0v) is 10.9. The molecule has 0 N–H and O–H groups in total. The Bertz CT molecular complexity index is 735. The van der Waals surface area contributed by atoms with E-state index in [2.05, 4.69) is 0 Å². The molecular formula is C16H10FNO3. The highest BCUT2D eigenvalue weighted by Crippen LogP contribution is 2.22. The van der Waals surface area contributed by atoms with Crippen molar-refractivity contribution in [2.45, 2.75) is 0 Å². The summed E-state index contributed by atoms with van der Waals surface area (Å²) in [7, 11) is 0. The first-order valence-corrected chi connectivity index (χ1v) is 6.32. The number of hydrogen-bond acceptors (Lipinski definition) is 3. The summed E-state index contributed by atoms with van der Waals surface area (Å²) in [4.78, 5) is 37.2. The summed E-state index contributed by atoms with van der Waals surface area (Å²) in [6.07, 6.45) is 0. The maximum absolute atomic E-state index is 13.6. The molecule has 2 amide bonds. The number of halogens is 1. The van der Waals surface area contributed by atoms with Crippen LogP contribution in [0.1, 0.15) is 31.1 Å². The van der Waals surface area contributed by atoms with Crippen LogP contribution in [0.4, 0.5) is 4.39 Å². The number of benzene rings is 2. The van der Waals surface area contributed by atoms with Gasteiger partial charge in [0, 0.05) is 0 Å². The molecule has 0 bridgehead atoms. The molecule has 1 aliphatic heterocycles. The van der Waals surface area contributed by atoms with Gasteiger partial charge in [-0.05, 0) is 24.3 Å². The van der Waals surface area contributed by atoms with Gasteiger partial charge in [-0.15, -0.1) is 0 Å². The number of carbonyl (C=O) groups excluding carboxylic acids is 3. The van der Waals surface area contributed by atoms with Gasteiger partial charge in [0.25, 0.3) is 11.8 Å². The van der Waals surface area contributed by atoms with Crippen molar-refractivity contribution < 1.29 is 18.8 Å². The second kappa shape index (κ2) is 4.94. The maximum atomic E-state index is 13.6. The second-order valence-electron chi connectivity index (χ2n) is 4.65. The number of carbonyl (C=O) groups is 3. The summed E-state index contributed by atoms with van der Waals surface area (Å²) in [5, 5.41) is 0. The van der Waals surface area contributed by atoms with Gasteiger partial charge in [-0.2, -0.15) is 0 Å². The van der Waals surface area contributed by atoms with Gasteiger partial charge in [0.05, 0.1) is 23.2 Å². The molecule has 2 aromatic carbocycles. The molecule has 0 aliphatic carbocycles. The third-order valence-electron chi connectivity index (χ3n) is 3.35. The van der Waals surface area contributed by atoms with Gasteiger partial charge in [0.15, 0.2) is 5.78 Å². The Kier molecular flexibility index (Phi) is 3.10. The van der Waals surface area contributed by atoms with E-state index in [1.54, 1.807) is 12.1 Å². The highest BCUT2D eigenvalue weighted by Gasteiger charge is 2.36. The number of nitrogens with zero attached hydrogens (tertiary/aromatic N) is 1. The Labute approximate surface area is 119 Å². The van der Waals surface area contributed by atoms with Crippen LogP contribution in [0.25, 0.3) is 0 Å². The van der Waals surface area contributed by atoms with Crippen LogP contribution in [-0.4, -0.2) is 29.0 Å². The number of amides is 2. The third-order valence-corrected chi connectivity index (χ3v) is 3.35. The second-order valence-corrected chi connectivity index (χ2v) is 4.65. The summed E-state index contributed by atoms with van der Waals surface area (Å²) < 4.78 is 13.6. The maximum Gasteiger partial charge on any atom is 0.261 e. The lowest BCUT2D eigenvalue weighted by atomic mass is 10.1. The van der Waals surface area contributed by atoms with Crippen LogP contribution in [0.2, 0.25) is 0 Å². The lowest BCUT2D eigenvalue weighted by Crippen LogP contribution is -2.35. The fraction of sp³-hybridized carbons (Fsp3) is 0.0625.